The maximum Gasteiger partial charge on any atom is 0.316 e. The number of carbonyl (C=O) groups is 1. The third-order valence-corrected chi connectivity index (χ3v) is 2.61. The van der Waals surface area contributed by atoms with E-state index in [0.717, 1.165) is 11.8 Å². The minimum absolute atomic E-state index is 0.00995. The minimum Gasteiger partial charge on any atom is -0.462 e. The number of ether oxygens (including phenoxy) is 1. The molecule has 0 saturated carbocycles. The van der Waals surface area contributed by atoms with Gasteiger partial charge in [-0.15, -0.1) is 0 Å². The third-order valence-electron chi connectivity index (χ3n) is 1.64. The first-order valence-electron chi connectivity index (χ1n) is 4.92. The molecule has 1 aromatic heterocycles. The van der Waals surface area contributed by atoms with Crippen LogP contribution < -0.4 is 0 Å². The molecule has 1 rings (SSSR count). The van der Waals surface area contributed by atoms with Crippen LogP contribution in [0.1, 0.15) is 13.8 Å². The zero-order chi connectivity index (χ0) is 12.8. The first-order chi connectivity index (χ1) is 8.00. The Labute approximate surface area is 103 Å². The third kappa shape index (κ3) is 4.39. The lowest BCUT2D eigenvalue weighted by Crippen LogP contribution is -2.13. The Morgan fingerprint density at radius 2 is 2.35 bits per heavy atom. The van der Waals surface area contributed by atoms with E-state index >= 15 is 0 Å². The Kier molecular flexibility index (Phi) is 4.89. The predicted molar refractivity (Wildman–Crippen MR) is 62.8 cm³/mol. The molecule has 6 nitrogen and oxygen atoms in total. The van der Waals surface area contributed by atoms with Crippen molar-refractivity contribution in [1.29, 1.82) is 0 Å². The van der Waals surface area contributed by atoms with Crippen LogP contribution in [0.5, 0.6) is 0 Å². The van der Waals surface area contributed by atoms with E-state index in [1.54, 1.807) is 13.8 Å². The highest BCUT2D eigenvalue weighted by molar-refractivity contribution is 8.00. The average Bonchev–Trinajstić information content (AvgIpc) is 2.25. The van der Waals surface area contributed by atoms with Crippen molar-refractivity contribution < 1.29 is 14.5 Å². The van der Waals surface area contributed by atoms with E-state index < -0.39 is 10.9 Å². The molecule has 0 radical (unpaired) electrons. The number of carbonyl (C=O) groups excluding carboxylic acids is 1. The second kappa shape index (κ2) is 6.19. The van der Waals surface area contributed by atoms with E-state index in [0.29, 0.717) is 0 Å². The van der Waals surface area contributed by atoms with Crippen molar-refractivity contribution in [3.05, 3.63) is 28.4 Å². The summed E-state index contributed by atoms with van der Waals surface area (Å²) < 4.78 is 4.91. The second-order valence-corrected chi connectivity index (χ2v) is 4.38. The predicted octanol–water partition coefficient (Wildman–Crippen LogP) is 2.03. The molecule has 7 heteroatoms. The van der Waals surface area contributed by atoms with Gasteiger partial charge in [-0.1, -0.05) is 11.8 Å². The number of pyridine rings is 1. The first kappa shape index (κ1) is 13.4. The number of hydrogen-bond acceptors (Lipinski definition) is 6. The van der Waals surface area contributed by atoms with Gasteiger partial charge in [0.2, 0.25) is 0 Å². The summed E-state index contributed by atoms with van der Waals surface area (Å²) in [4.78, 5) is 25.3. The van der Waals surface area contributed by atoms with Gasteiger partial charge in [-0.25, -0.2) is 4.98 Å². The van der Waals surface area contributed by atoms with Gasteiger partial charge in [0.05, 0.1) is 16.8 Å². The minimum atomic E-state index is -0.525. The molecule has 1 aromatic rings. The number of nitro groups is 1. The quantitative estimate of drug-likeness (QED) is 0.347. The van der Waals surface area contributed by atoms with E-state index in [-0.39, 0.29) is 22.6 Å². The molecule has 0 N–H and O–H groups in total. The molecule has 0 unspecified atom stereocenters. The summed E-state index contributed by atoms with van der Waals surface area (Å²) in [5.74, 6) is -0.402. The van der Waals surface area contributed by atoms with Gasteiger partial charge in [0.15, 0.2) is 5.03 Å². The van der Waals surface area contributed by atoms with Crippen LogP contribution in [0, 0.1) is 10.1 Å². The average molecular weight is 256 g/mol. The van der Waals surface area contributed by atoms with Gasteiger partial charge in [0.25, 0.3) is 0 Å². The van der Waals surface area contributed by atoms with Crippen LogP contribution in [0.15, 0.2) is 23.4 Å². The molecule has 0 fully saturated rings. The maximum absolute atomic E-state index is 11.3. The van der Waals surface area contributed by atoms with Crippen molar-refractivity contribution in [3.8, 4) is 0 Å². The highest BCUT2D eigenvalue weighted by atomic mass is 32.2. The van der Waals surface area contributed by atoms with Crippen LogP contribution in [-0.2, 0) is 9.53 Å². The SMILES string of the molecule is CC(C)OC(=O)CSc1ncccc1[N+](=O)[O-]. The summed E-state index contributed by atoms with van der Waals surface area (Å²) in [7, 11) is 0. The standard InChI is InChI=1S/C10H12N2O4S/c1-7(2)16-9(13)6-17-10-8(12(14)15)4-3-5-11-10/h3-5,7H,6H2,1-2H3. The van der Waals surface area contributed by atoms with Gasteiger partial charge >= 0.3 is 11.7 Å². The van der Waals surface area contributed by atoms with Crippen LogP contribution in [0.4, 0.5) is 5.69 Å². The largest absolute Gasteiger partial charge is 0.462 e. The fraction of sp³-hybridized carbons (Fsp3) is 0.400. The van der Waals surface area contributed by atoms with Crippen molar-refractivity contribution in [1.82, 2.24) is 4.98 Å². The molecule has 17 heavy (non-hydrogen) atoms. The number of aromatic nitrogens is 1. The topological polar surface area (TPSA) is 82.3 Å². The second-order valence-electron chi connectivity index (χ2n) is 3.41. The zero-order valence-electron chi connectivity index (χ0n) is 9.45. The summed E-state index contributed by atoms with van der Waals surface area (Å²) in [6.45, 7) is 3.48. The summed E-state index contributed by atoms with van der Waals surface area (Å²) >= 11 is 0.998. The van der Waals surface area contributed by atoms with E-state index in [2.05, 4.69) is 4.98 Å². The molecule has 0 saturated heterocycles. The van der Waals surface area contributed by atoms with Crippen LogP contribution in [0.2, 0.25) is 0 Å². The highest BCUT2D eigenvalue weighted by Gasteiger charge is 2.16. The number of esters is 1. The molecule has 92 valence electrons. The molecule has 0 amide bonds. The highest BCUT2D eigenvalue weighted by Crippen LogP contribution is 2.26. The molecular weight excluding hydrogens is 244 g/mol. The lowest BCUT2D eigenvalue weighted by Gasteiger charge is -2.07. The summed E-state index contributed by atoms with van der Waals surface area (Å²) in [6.07, 6.45) is 1.25. The summed E-state index contributed by atoms with van der Waals surface area (Å²) in [5.41, 5.74) is -0.102. The van der Waals surface area contributed by atoms with E-state index in [4.69, 9.17) is 4.74 Å². The van der Waals surface area contributed by atoms with Gasteiger partial charge in [-0.2, -0.15) is 0 Å². The lowest BCUT2D eigenvalue weighted by atomic mass is 10.4. The molecule has 0 bridgehead atoms. The summed E-state index contributed by atoms with van der Waals surface area (Å²) in [5, 5.41) is 10.9. The normalized spacial score (nSPS) is 10.3. The Hall–Kier alpha value is -1.63. The van der Waals surface area contributed by atoms with Crippen molar-refractivity contribution in [2.75, 3.05) is 5.75 Å². The number of thioether (sulfide) groups is 1. The molecular formula is C10H12N2O4S. The van der Waals surface area contributed by atoms with E-state index in [9.17, 15) is 14.9 Å². The number of rotatable bonds is 5. The van der Waals surface area contributed by atoms with Crippen molar-refractivity contribution in [2.24, 2.45) is 0 Å². The summed E-state index contributed by atoms with van der Waals surface area (Å²) in [6, 6.07) is 2.83. The Balaban J connectivity index is 2.63. The van der Waals surface area contributed by atoms with E-state index in [1.165, 1.54) is 18.3 Å². The zero-order valence-corrected chi connectivity index (χ0v) is 10.3. The van der Waals surface area contributed by atoms with Gasteiger partial charge in [0.1, 0.15) is 0 Å². The smallest absolute Gasteiger partial charge is 0.316 e. The molecule has 0 aromatic carbocycles. The van der Waals surface area contributed by atoms with Crippen LogP contribution in [0.3, 0.4) is 0 Å². The molecule has 0 spiro atoms. The molecule has 0 atom stereocenters. The Morgan fingerprint density at radius 1 is 1.65 bits per heavy atom. The number of nitrogens with zero attached hydrogens (tertiary/aromatic N) is 2. The molecule has 0 aliphatic heterocycles. The van der Waals surface area contributed by atoms with Crippen LogP contribution in [-0.4, -0.2) is 27.7 Å². The molecule has 0 aliphatic rings. The van der Waals surface area contributed by atoms with Crippen molar-refractivity contribution in [2.45, 2.75) is 25.0 Å². The van der Waals surface area contributed by atoms with Crippen molar-refractivity contribution >= 4 is 23.4 Å². The van der Waals surface area contributed by atoms with Crippen LogP contribution >= 0.6 is 11.8 Å². The van der Waals surface area contributed by atoms with Gasteiger partial charge in [0, 0.05) is 12.3 Å². The van der Waals surface area contributed by atoms with Crippen LogP contribution in [0.25, 0.3) is 0 Å². The monoisotopic (exact) mass is 256 g/mol. The maximum atomic E-state index is 11.3. The number of hydrogen-bond donors (Lipinski definition) is 0. The van der Waals surface area contributed by atoms with Crippen molar-refractivity contribution in [3.63, 3.8) is 0 Å². The first-order valence-corrected chi connectivity index (χ1v) is 5.91. The molecule has 1 heterocycles. The molecule has 0 aliphatic carbocycles. The fourth-order valence-corrected chi connectivity index (χ4v) is 1.81. The van der Waals surface area contributed by atoms with E-state index in [1.807, 2.05) is 0 Å². The van der Waals surface area contributed by atoms with Gasteiger partial charge < -0.3 is 4.74 Å². The van der Waals surface area contributed by atoms with Gasteiger partial charge in [-0.3, -0.25) is 14.9 Å². The Bertz CT molecular complexity index is 423. The lowest BCUT2D eigenvalue weighted by molar-refractivity contribution is -0.388. The fourth-order valence-electron chi connectivity index (χ4n) is 1.06. The van der Waals surface area contributed by atoms with Gasteiger partial charge in [-0.05, 0) is 19.9 Å². The Morgan fingerprint density at radius 3 is 2.94 bits per heavy atom.